The number of Topliss-reactive ketones (excluding diaryl/α,β-unsaturated/α-hetero) is 1. The first-order chi connectivity index (χ1) is 17.0. The van der Waals surface area contributed by atoms with E-state index in [1.165, 1.54) is 11.3 Å². The van der Waals surface area contributed by atoms with E-state index in [1.807, 2.05) is 72.1 Å². The van der Waals surface area contributed by atoms with Gasteiger partial charge in [0.1, 0.15) is 12.3 Å². The van der Waals surface area contributed by atoms with E-state index in [2.05, 4.69) is 5.32 Å². The highest BCUT2D eigenvalue weighted by Gasteiger charge is 2.47. The van der Waals surface area contributed by atoms with Crippen molar-refractivity contribution in [2.75, 3.05) is 33.3 Å². The van der Waals surface area contributed by atoms with Crippen LogP contribution in [0.1, 0.15) is 39.7 Å². The van der Waals surface area contributed by atoms with Crippen LogP contribution in [0.15, 0.2) is 72.1 Å². The van der Waals surface area contributed by atoms with Gasteiger partial charge >= 0.3 is 6.09 Å². The summed E-state index contributed by atoms with van der Waals surface area (Å²) in [7, 11) is 1.63. The highest BCUT2D eigenvalue weighted by molar-refractivity contribution is 7.12. The molecule has 3 aliphatic heterocycles. The minimum absolute atomic E-state index is 0. The van der Waals surface area contributed by atoms with Gasteiger partial charge in [-0.05, 0) is 40.6 Å². The van der Waals surface area contributed by atoms with E-state index in [4.69, 9.17) is 9.47 Å². The van der Waals surface area contributed by atoms with Gasteiger partial charge in [0.2, 0.25) is 5.78 Å². The van der Waals surface area contributed by atoms with E-state index < -0.39 is 12.2 Å². The Hall–Kier alpha value is -2.87. The molecule has 0 aliphatic carbocycles. The van der Waals surface area contributed by atoms with Gasteiger partial charge in [0.25, 0.3) is 0 Å². The number of halogens is 1. The molecule has 6 nitrogen and oxygen atoms in total. The molecular formula is C28H31ClN2O4S. The van der Waals surface area contributed by atoms with Crippen molar-refractivity contribution in [1.29, 1.82) is 0 Å². The van der Waals surface area contributed by atoms with E-state index >= 15 is 0 Å². The number of fused-ring (bicyclic) bond motifs is 3. The number of carbonyl (C=O) groups excluding carboxylic acids is 2. The molecule has 1 amide bonds. The van der Waals surface area contributed by atoms with E-state index in [1.54, 1.807) is 7.11 Å². The van der Waals surface area contributed by atoms with E-state index in [0.29, 0.717) is 12.5 Å². The average Bonchev–Trinajstić information content (AvgIpc) is 3.44. The first kappa shape index (κ1) is 26.2. The van der Waals surface area contributed by atoms with Crippen molar-refractivity contribution in [3.63, 3.8) is 0 Å². The molecule has 3 saturated heterocycles. The summed E-state index contributed by atoms with van der Waals surface area (Å²) < 4.78 is 12.0. The van der Waals surface area contributed by atoms with Gasteiger partial charge < -0.3 is 31.7 Å². The molecule has 2 bridgehead atoms. The maximum absolute atomic E-state index is 13.2. The lowest BCUT2D eigenvalue weighted by Gasteiger charge is -2.52. The van der Waals surface area contributed by atoms with Crippen LogP contribution < -0.4 is 22.5 Å². The molecule has 8 heteroatoms. The number of methoxy groups -OCH3 is 1. The predicted molar refractivity (Wildman–Crippen MR) is 136 cm³/mol. The Balaban J connectivity index is 0.00000304. The Morgan fingerprint density at radius 1 is 1.00 bits per heavy atom. The fraction of sp³-hybridized carbons (Fsp3) is 0.357. The second-order valence-electron chi connectivity index (χ2n) is 9.59. The van der Waals surface area contributed by atoms with Crippen molar-refractivity contribution in [2.45, 2.75) is 25.0 Å². The lowest BCUT2D eigenvalue weighted by Crippen LogP contribution is -3.00. The first-order valence-corrected chi connectivity index (χ1v) is 13.0. The van der Waals surface area contributed by atoms with Gasteiger partial charge in [0.05, 0.1) is 37.7 Å². The fourth-order valence-corrected chi connectivity index (χ4v) is 6.18. The average molecular weight is 527 g/mol. The number of ether oxygens (including phenoxy) is 2. The Labute approximate surface area is 222 Å². The third-order valence-corrected chi connectivity index (χ3v) is 8.34. The monoisotopic (exact) mass is 526 g/mol. The number of quaternary nitrogens is 1. The fourth-order valence-electron chi connectivity index (χ4n) is 5.52. The predicted octanol–water partition coefficient (Wildman–Crippen LogP) is 2.07. The van der Waals surface area contributed by atoms with Gasteiger partial charge in [0.15, 0.2) is 6.10 Å². The summed E-state index contributed by atoms with van der Waals surface area (Å²) in [5.74, 6) is 1.38. The van der Waals surface area contributed by atoms with E-state index in [9.17, 15) is 9.59 Å². The zero-order valence-corrected chi connectivity index (χ0v) is 21.8. The number of ketones is 1. The molecule has 36 heavy (non-hydrogen) atoms. The Bertz CT molecular complexity index is 1150. The number of hydrogen-bond donors (Lipinski definition) is 1. The van der Waals surface area contributed by atoms with Crippen molar-refractivity contribution in [1.82, 2.24) is 5.32 Å². The number of carbonyl (C=O) groups is 2. The summed E-state index contributed by atoms with van der Waals surface area (Å²) in [6.45, 7) is 3.26. The molecule has 3 aromatic rings. The zero-order chi connectivity index (χ0) is 24.3. The number of alkyl carbamates (subject to hydrolysis) is 1. The maximum atomic E-state index is 13.2. The number of piperidine rings is 3. The Morgan fingerprint density at radius 2 is 1.69 bits per heavy atom. The van der Waals surface area contributed by atoms with Crippen LogP contribution in [-0.2, 0) is 4.74 Å². The smallest absolute Gasteiger partial charge is 0.408 e. The molecule has 0 saturated carbocycles. The normalized spacial score (nSPS) is 23.2. The molecule has 1 aromatic heterocycles. The van der Waals surface area contributed by atoms with Crippen LogP contribution in [0.4, 0.5) is 4.79 Å². The molecule has 1 N–H and O–H groups in total. The Morgan fingerprint density at radius 3 is 2.33 bits per heavy atom. The summed E-state index contributed by atoms with van der Waals surface area (Å²) >= 11 is 1.50. The lowest BCUT2D eigenvalue weighted by atomic mass is 9.81. The minimum atomic E-state index is -0.522. The van der Waals surface area contributed by atoms with Crippen molar-refractivity contribution in [3.8, 4) is 5.75 Å². The number of nitrogens with one attached hydrogen (secondary N) is 1. The number of nitrogens with zero attached hydrogens (tertiary/aromatic N) is 1. The molecular weight excluding hydrogens is 496 g/mol. The zero-order valence-electron chi connectivity index (χ0n) is 20.3. The molecule has 2 atom stereocenters. The van der Waals surface area contributed by atoms with Crippen molar-refractivity contribution in [2.24, 2.45) is 5.92 Å². The first-order valence-electron chi connectivity index (χ1n) is 12.1. The van der Waals surface area contributed by atoms with Gasteiger partial charge in [-0.3, -0.25) is 4.79 Å². The third kappa shape index (κ3) is 5.75. The number of amides is 1. The van der Waals surface area contributed by atoms with Crippen LogP contribution in [0.2, 0.25) is 0 Å². The molecule has 0 spiro atoms. The van der Waals surface area contributed by atoms with E-state index in [0.717, 1.165) is 58.7 Å². The summed E-state index contributed by atoms with van der Waals surface area (Å²) in [4.78, 5) is 26.8. The molecule has 3 aliphatic rings. The third-order valence-electron chi connectivity index (χ3n) is 7.43. The lowest BCUT2D eigenvalue weighted by molar-refractivity contribution is -0.936. The van der Waals surface area contributed by atoms with Crippen LogP contribution in [0.25, 0.3) is 0 Å². The number of rotatable bonds is 8. The molecule has 6 rings (SSSR count). The highest BCUT2D eigenvalue weighted by Crippen LogP contribution is 2.35. The Kier molecular flexibility index (Phi) is 8.34. The van der Waals surface area contributed by atoms with Crippen LogP contribution >= 0.6 is 11.3 Å². The minimum Gasteiger partial charge on any atom is -1.00 e. The second-order valence-corrected chi connectivity index (χ2v) is 10.5. The van der Waals surface area contributed by atoms with Gasteiger partial charge in [0, 0.05) is 12.8 Å². The highest BCUT2D eigenvalue weighted by atomic mass is 35.5. The van der Waals surface area contributed by atoms with Crippen molar-refractivity contribution >= 4 is 23.2 Å². The molecule has 1 unspecified atom stereocenters. The van der Waals surface area contributed by atoms with Crippen LogP contribution in [0.3, 0.4) is 0 Å². The summed E-state index contributed by atoms with van der Waals surface area (Å²) in [5.41, 5.74) is 1.79. The van der Waals surface area contributed by atoms with Gasteiger partial charge in [-0.25, -0.2) is 4.79 Å². The van der Waals surface area contributed by atoms with E-state index in [-0.39, 0.29) is 24.2 Å². The maximum Gasteiger partial charge on any atom is 0.408 e. The summed E-state index contributed by atoms with van der Waals surface area (Å²) in [6.07, 6.45) is 1.09. The largest absolute Gasteiger partial charge is 1.00 e. The topological polar surface area (TPSA) is 64.6 Å². The number of benzene rings is 2. The molecule has 0 radical (unpaired) electrons. The second kappa shape index (κ2) is 11.5. The SMILES string of the molecule is COc1ccc(C(OC(=O)N[C@H]2C[N+]3(CC(=O)c4cccs4)CCC2CC3)c2ccccc2)cc1.[Cl-]. The van der Waals surface area contributed by atoms with Gasteiger partial charge in [-0.1, -0.05) is 48.5 Å². The van der Waals surface area contributed by atoms with Gasteiger partial charge in [-0.2, -0.15) is 0 Å². The molecule has 2 aromatic carbocycles. The standard InChI is InChI=1S/C28H30N2O4S.ClH/c1-33-23-11-9-22(10-12-23)27(21-6-3-2-4-7-21)34-28(32)29-24-18-30(15-13-20(24)14-16-30)19-25(31)26-8-5-17-35-26;/h2-12,17,20,24,27H,13-16,18-19H2,1H3;1H/t20?,24-,27?,30?;/m0./s1. The van der Waals surface area contributed by atoms with Crippen molar-refractivity contribution < 1.29 is 36.0 Å². The van der Waals surface area contributed by atoms with Crippen LogP contribution in [0.5, 0.6) is 5.75 Å². The number of hydrogen-bond acceptors (Lipinski definition) is 5. The quantitative estimate of drug-likeness (QED) is 0.360. The molecule has 4 heterocycles. The molecule has 190 valence electrons. The summed E-state index contributed by atoms with van der Waals surface area (Å²) in [6, 6.07) is 21.2. The van der Waals surface area contributed by atoms with Crippen LogP contribution in [0, 0.1) is 5.92 Å². The summed E-state index contributed by atoms with van der Waals surface area (Å²) in [5, 5.41) is 5.11. The number of thiophene rings is 1. The molecule has 3 fully saturated rings. The van der Waals surface area contributed by atoms with Crippen molar-refractivity contribution in [3.05, 3.63) is 88.1 Å². The van der Waals surface area contributed by atoms with Crippen LogP contribution in [-0.4, -0.2) is 55.7 Å². The van der Waals surface area contributed by atoms with Gasteiger partial charge in [-0.15, -0.1) is 11.3 Å².